The van der Waals surface area contributed by atoms with Crippen LogP contribution in [0.15, 0.2) is 0 Å². The first kappa shape index (κ1) is 17.5. The van der Waals surface area contributed by atoms with Crippen LogP contribution in [0, 0.1) is 0 Å². The molecule has 0 amide bonds. The third-order valence-corrected chi connectivity index (χ3v) is 3.03. The lowest BCUT2D eigenvalue weighted by atomic mass is 10.0. The number of thiol groups is 2. The number of aliphatic hydroxyl groups excluding tert-OH is 5. The standard InChI is InChI=1S/C9H20O6S2/c10-1-5(3-16)15-7(4-17)9(14)8(13)6(12)2-11/h5-14,16-17H,1-4H2/t5?,6-,7+,8-,9-/m1/s1. The summed E-state index contributed by atoms with van der Waals surface area (Å²) in [5, 5.41) is 46.0. The van der Waals surface area contributed by atoms with E-state index in [0.29, 0.717) is 0 Å². The Balaban J connectivity index is 4.42. The average Bonchev–Trinajstić information content (AvgIpc) is 2.37. The Hall–Kier alpha value is 0.460. The maximum atomic E-state index is 9.72. The van der Waals surface area contributed by atoms with Crippen molar-refractivity contribution in [3.8, 4) is 0 Å². The lowest BCUT2D eigenvalue weighted by Gasteiger charge is -2.30. The Kier molecular flexibility index (Phi) is 9.65. The predicted octanol–water partition coefficient (Wildman–Crippen LogP) is -2.33. The van der Waals surface area contributed by atoms with Gasteiger partial charge in [0.05, 0.1) is 25.4 Å². The van der Waals surface area contributed by atoms with Gasteiger partial charge in [-0.15, -0.1) is 0 Å². The minimum Gasteiger partial charge on any atom is -0.394 e. The van der Waals surface area contributed by atoms with Crippen LogP contribution in [0.3, 0.4) is 0 Å². The van der Waals surface area contributed by atoms with Crippen molar-refractivity contribution < 1.29 is 30.3 Å². The number of rotatable bonds is 9. The summed E-state index contributed by atoms with van der Waals surface area (Å²) in [5.74, 6) is 0.326. The molecule has 0 spiro atoms. The average molecular weight is 288 g/mol. The van der Waals surface area contributed by atoms with E-state index in [9.17, 15) is 15.3 Å². The van der Waals surface area contributed by atoms with Gasteiger partial charge in [0.2, 0.25) is 0 Å². The summed E-state index contributed by atoms with van der Waals surface area (Å²) < 4.78 is 5.27. The molecule has 5 atom stereocenters. The van der Waals surface area contributed by atoms with Crippen LogP contribution in [-0.4, -0.2) is 80.8 Å². The Morgan fingerprint density at radius 3 is 1.82 bits per heavy atom. The first-order valence-electron chi connectivity index (χ1n) is 5.14. The number of hydrogen-bond acceptors (Lipinski definition) is 8. The van der Waals surface area contributed by atoms with Gasteiger partial charge >= 0.3 is 0 Å². The van der Waals surface area contributed by atoms with E-state index in [-0.39, 0.29) is 18.1 Å². The molecular weight excluding hydrogens is 268 g/mol. The molecule has 0 saturated heterocycles. The van der Waals surface area contributed by atoms with Gasteiger partial charge in [0.15, 0.2) is 0 Å². The van der Waals surface area contributed by atoms with Crippen LogP contribution >= 0.6 is 25.3 Å². The molecule has 0 aliphatic rings. The molecule has 6 nitrogen and oxygen atoms in total. The zero-order valence-corrected chi connectivity index (χ0v) is 11.0. The molecule has 0 bridgehead atoms. The van der Waals surface area contributed by atoms with Crippen LogP contribution in [0.4, 0.5) is 0 Å². The second-order valence-electron chi connectivity index (χ2n) is 3.58. The summed E-state index contributed by atoms with van der Waals surface area (Å²) in [7, 11) is 0. The van der Waals surface area contributed by atoms with Gasteiger partial charge in [0.1, 0.15) is 18.3 Å². The molecule has 0 heterocycles. The van der Waals surface area contributed by atoms with Gasteiger partial charge in [0.25, 0.3) is 0 Å². The molecule has 0 aromatic heterocycles. The van der Waals surface area contributed by atoms with Crippen molar-refractivity contribution in [3.05, 3.63) is 0 Å². The molecule has 0 aromatic rings. The minimum atomic E-state index is -1.54. The molecular formula is C9H20O6S2. The van der Waals surface area contributed by atoms with E-state index >= 15 is 0 Å². The van der Waals surface area contributed by atoms with Crippen molar-refractivity contribution in [2.24, 2.45) is 0 Å². The quantitative estimate of drug-likeness (QED) is 0.240. The molecule has 1 unspecified atom stereocenters. The molecule has 0 rings (SSSR count). The van der Waals surface area contributed by atoms with Gasteiger partial charge < -0.3 is 30.3 Å². The largest absolute Gasteiger partial charge is 0.394 e. The number of hydrogen-bond donors (Lipinski definition) is 7. The molecule has 0 aromatic carbocycles. The Bertz CT molecular complexity index is 192. The van der Waals surface area contributed by atoms with E-state index < -0.39 is 37.1 Å². The lowest BCUT2D eigenvalue weighted by molar-refractivity contribution is -0.140. The van der Waals surface area contributed by atoms with Crippen LogP contribution in [-0.2, 0) is 4.74 Å². The third-order valence-electron chi connectivity index (χ3n) is 2.27. The van der Waals surface area contributed by atoms with Crippen molar-refractivity contribution >= 4 is 25.3 Å². The third kappa shape index (κ3) is 5.75. The highest BCUT2D eigenvalue weighted by atomic mass is 32.1. The second-order valence-corrected chi connectivity index (χ2v) is 4.31. The van der Waals surface area contributed by atoms with E-state index in [1.807, 2.05) is 0 Å². The second kappa shape index (κ2) is 9.40. The first-order valence-corrected chi connectivity index (χ1v) is 6.41. The molecule has 0 saturated carbocycles. The number of aliphatic hydroxyl groups is 5. The van der Waals surface area contributed by atoms with Crippen LogP contribution < -0.4 is 0 Å². The highest BCUT2D eigenvalue weighted by molar-refractivity contribution is 7.80. The van der Waals surface area contributed by atoms with Crippen LogP contribution in [0.2, 0.25) is 0 Å². The van der Waals surface area contributed by atoms with Crippen molar-refractivity contribution in [2.75, 3.05) is 24.7 Å². The Morgan fingerprint density at radius 2 is 1.47 bits per heavy atom. The van der Waals surface area contributed by atoms with Crippen molar-refractivity contribution in [2.45, 2.75) is 30.5 Å². The minimum absolute atomic E-state index is 0.0840. The van der Waals surface area contributed by atoms with Crippen LogP contribution in [0.1, 0.15) is 0 Å². The van der Waals surface area contributed by atoms with Gasteiger partial charge in [-0.1, -0.05) is 0 Å². The summed E-state index contributed by atoms with van der Waals surface area (Å²) in [4.78, 5) is 0. The highest BCUT2D eigenvalue weighted by Gasteiger charge is 2.32. The van der Waals surface area contributed by atoms with Gasteiger partial charge in [-0.3, -0.25) is 0 Å². The molecule has 0 aliphatic carbocycles. The normalized spacial score (nSPS) is 20.6. The van der Waals surface area contributed by atoms with Crippen LogP contribution in [0.5, 0.6) is 0 Å². The van der Waals surface area contributed by atoms with E-state index in [2.05, 4.69) is 25.3 Å². The molecule has 5 N–H and O–H groups in total. The highest BCUT2D eigenvalue weighted by Crippen LogP contribution is 2.12. The van der Waals surface area contributed by atoms with Gasteiger partial charge in [0, 0.05) is 11.5 Å². The topological polar surface area (TPSA) is 110 Å². The van der Waals surface area contributed by atoms with Gasteiger partial charge in [-0.25, -0.2) is 0 Å². The van der Waals surface area contributed by atoms with Gasteiger partial charge in [-0.2, -0.15) is 25.3 Å². The van der Waals surface area contributed by atoms with Gasteiger partial charge in [-0.05, 0) is 0 Å². The van der Waals surface area contributed by atoms with E-state index in [1.165, 1.54) is 0 Å². The molecule has 8 heteroatoms. The molecule has 0 radical (unpaired) electrons. The summed E-state index contributed by atoms with van der Waals surface area (Å²) in [6, 6.07) is 0. The smallest absolute Gasteiger partial charge is 0.111 e. The Labute approximate surface area is 111 Å². The first-order chi connectivity index (χ1) is 8.01. The zero-order valence-electron chi connectivity index (χ0n) is 9.25. The Morgan fingerprint density at radius 1 is 0.882 bits per heavy atom. The molecule has 0 aliphatic heterocycles. The maximum absolute atomic E-state index is 9.72. The zero-order chi connectivity index (χ0) is 13.4. The van der Waals surface area contributed by atoms with Crippen LogP contribution in [0.25, 0.3) is 0 Å². The lowest BCUT2D eigenvalue weighted by Crippen LogP contribution is -2.49. The van der Waals surface area contributed by atoms with Crippen molar-refractivity contribution in [1.82, 2.24) is 0 Å². The summed E-state index contributed by atoms with van der Waals surface area (Å²) in [6.07, 6.45) is -5.89. The molecule has 17 heavy (non-hydrogen) atoms. The fraction of sp³-hybridized carbons (Fsp3) is 1.00. The SMILES string of the molecule is OCC(CS)O[C@@H](CS)[C@@H](O)[C@H](O)[C@H](O)CO. The van der Waals surface area contributed by atoms with Crippen molar-refractivity contribution in [1.29, 1.82) is 0 Å². The predicted molar refractivity (Wildman–Crippen MR) is 68.6 cm³/mol. The summed E-state index contributed by atoms with van der Waals surface area (Å²) in [5.41, 5.74) is 0. The fourth-order valence-corrected chi connectivity index (χ4v) is 1.68. The van der Waals surface area contributed by atoms with E-state index in [0.717, 1.165) is 0 Å². The molecule has 104 valence electrons. The van der Waals surface area contributed by atoms with E-state index in [4.69, 9.17) is 14.9 Å². The summed E-state index contributed by atoms with van der Waals surface area (Å²) >= 11 is 7.90. The monoisotopic (exact) mass is 288 g/mol. The number of ether oxygens (including phenoxy) is 1. The van der Waals surface area contributed by atoms with E-state index in [1.54, 1.807) is 0 Å². The summed E-state index contributed by atoms with van der Waals surface area (Å²) in [6.45, 7) is -0.952. The maximum Gasteiger partial charge on any atom is 0.111 e. The fourth-order valence-electron chi connectivity index (χ4n) is 1.18. The van der Waals surface area contributed by atoms with Crippen molar-refractivity contribution in [3.63, 3.8) is 0 Å². The molecule has 0 fully saturated rings.